The predicted molar refractivity (Wildman–Crippen MR) is 120 cm³/mol. The molecular weight excluding hydrogens is 426 g/mol. The first kappa shape index (κ1) is 19.7. The molecule has 0 unspecified atom stereocenters. The molecule has 2 aromatic carbocycles. The van der Waals surface area contributed by atoms with Gasteiger partial charge >= 0.3 is 0 Å². The summed E-state index contributed by atoms with van der Waals surface area (Å²) in [6, 6.07) is 12.7. The van der Waals surface area contributed by atoms with Gasteiger partial charge in [0.05, 0.1) is 16.8 Å². The van der Waals surface area contributed by atoms with Gasteiger partial charge in [0.15, 0.2) is 0 Å². The summed E-state index contributed by atoms with van der Waals surface area (Å²) in [7, 11) is 0. The van der Waals surface area contributed by atoms with Gasteiger partial charge in [0.2, 0.25) is 5.91 Å². The van der Waals surface area contributed by atoms with Crippen LogP contribution in [0.15, 0.2) is 59.2 Å². The number of carbonyl (C=O) groups is 1. The molecule has 0 spiro atoms. The smallest absolute Gasteiger partial charge is 0.234 e. The van der Waals surface area contributed by atoms with Gasteiger partial charge in [0.1, 0.15) is 21.9 Å². The summed E-state index contributed by atoms with van der Waals surface area (Å²) in [5.41, 5.74) is 3.39. The van der Waals surface area contributed by atoms with Gasteiger partial charge in [-0.2, -0.15) is 0 Å². The van der Waals surface area contributed by atoms with E-state index in [1.165, 1.54) is 29.4 Å². The summed E-state index contributed by atoms with van der Waals surface area (Å²) in [5.74, 6) is -0.0118. The van der Waals surface area contributed by atoms with E-state index in [0.29, 0.717) is 10.7 Å². The van der Waals surface area contributed by atoms with Gasteiger partial charge in [0.25, 0.3) is 0 Å². The number of aromatic nitrogens is 2. The van der Waals surface area contributed by atoms with E-state index in [-0.39, 0.29) is 17.4 Å². The highest BCUT2D eigenvalue weighted by Crippen LogP contribution is 2.38. The van der Waals surface area contributed by atoms with Crippen LogP contribution in [0, 0.1) is 6.92 Å². The number of hydrogen-bond donors (Lipinski definition) is 2. The standard InChI is InChI=1S/C21H16ClN3O2S2/c1-12-2-7-17(26)16(8-12)25-18(27)10-29-21-19-15(9-28-20(19)23-11-24-21)13-3-5-14(22)6-4-13/h2-9,11,26H,10H2,1H3,(H,25,27). The number of nitrogens with one attached hydrogen (secondary N) is 1. The Bertz CT molecular complexity index is 1190. The van der Waals surface area contributed by atoms with Crippen LogP contribution in [0.3, 0.4) is 0 Å². The van der Waals surface area contributed by atoms with E-state index in [9.17, 15) is 9.90 Å². The molecule has 0 fully saturated rings. The molecule has 29 heavy (non-hydrogen) atoms. The van der Waals surface area contributed by atoms with Crippen molar-refractivity contribution in [3.05, 3.63) is 64.8 Å². The SMILES string of the molecule is Cc1ccc(O)c(NC(=O)CSc2ncnc3scc(-c4ccc(Cl)cc4)c23)c1. The second-order valence-corrected chi connectivity index (χ2v) is 8.63. The molecule has 2 N–H and O–H groups in total. The molecule has 0 saturated heterocycles. The molecule has 0 bridgehead atoms. The van der Waals surface area contributed by atoms with Crippen LogP contribution < -0.4 is 5.32 Å². The monoisotopic (exact) mass is 441 g/mol. The van der Waals surface area contributed by atoms with E-state index in [0.717, 1.165) is 31.9 Å². The maximum Gasteiger partial charge on any atom is 0.234 e. The summed E-state index contributed by atoms with van der Waals surface area (Å²) in [4.78, 5) is 22.0. The van der Waals surface area contributed by atoms with Crippen molar-refractivity contribution in [1.29, 1.82) is 0 Å². The van der Waals surface area contributed by atoms with Crippen molar-refractivity contribution in [3.8, 4) is 16.9 Å². The number of carbonyl (C=O) groups excluding carboxylic acids is 1. The van der Waals surface area contributed by atoms with Gasteiger partial charge < -0.3 is 10.4 Å². The van der Waals surface area contributed by atoms with Gasteiger partial charge in [-0.3, -0.25) is 4.79 Å². The summed E-state index contributed by atoms with van der Waals surface area (Å²) < 4.78 is 0. The lowest BCUT2D eigenvalue weighted by atomic mass is 10.1. The second-order valence-electron chi connectivity index (χ2n) is 6.37. The number of anilines is 1. The highest BCUT2D eigenvalue weighted by Gasteiger charge is 2.15. The number of aromatic hydroxyl groups is 1. The lowest BCUT2D eigenvalue weighted by Gasteiger charge is -2.09. The van der Waals surface area contributed by atoms with Crippen molar-refractivity contribution < 1.29 is 9.90 Å². The van der Waals surface area contributed by atoms with Gasteiger partial charge in [-0.05, 0) is 42.3 Å². The summed E-state index contributed by atoms with van der Waals surface area (Å²) >= 11 is 8.88. The lowest BCUT2D eigenvalue weighted by Crippen LogP contribution is -2.14. The fourth-order valence-corrected chi connectivity index (χ4v) is 4.79. The average molecular weight is 442 g/mol. The second kappa shape index (κ2) is 8.41. The molecule has 1 amide bonds. The van der Waals surface area contributed by atoms with Crippen LogP contribution in [0.25, 0.3) is 21.3 Å². The Morgan fingerprint density at radius 3 is 2.79 bits per heavy atom. The van der Waals surface area contributed by atoms with Crippen molar-refractivity contribution in [1.82, 2.24) is 9.97 Å². The number of thioether (sulfide) groups is 1. The fourth-order valence-electron chi connectivity index (χ4n) is 2.87. The topological polar surface area (TPSA) is 75.1 Å². The van der Waals surface area contributed by atoms with Crippen molar-refractivity contribution in [2.75, 3.05) is 11.1 Å². The molecule has 4 aromatic rings. The molecule has 4 rings (SSSR count). The minimum atomic E-state index is -0.217. The number of rotatable bonds is 5. The molecule has 5 nitrogen and oxygen atoms in total. The number of benzene rings is 2. The predicted octanol–water partition coefficient (Wildman–Crippen LogP) is 5.76. The Labute approximate surface area is 180 Å². The Balaban J connectivity index is 1.56. The van der Waals surface area contributed by atoms with E-state index >= 15 is 0 Å². The third kappa shape index (κ3) is 4.37. The first-order chi connectivity index (χ1) is 14.0. The van der Waals surface area contributed by atoms with E-state index in [1.807, 2.05) is 36.6 Å². The fraction of sp³-hybridized carbons (Fsp3) is 0.0952. The van der Waals surface area contributed by atoms with Crippen LogP contribution >= 0.6 is 34.7 Å². The van der Waals surface area contributed by atoms with Crippen LogP contribution in [0.5, 0.6) is 5.75 Å². The van der Waals surface area contributed by atoms with Crippen LogP contribution in [0.4, 0.5) is 5.69 Å². The zero-order valence-electron chi connectivity index (χ0n) is 15.3. The summed E-state index contributed by atoms with van der Waals surface area (Å²) in [5, 5.41) is 17.0. The molecule has 0 aliphatic heterocycles. The van der Waals surface area contributed by atoms with Crippen LogP contribution in [-0.4, -0.2) is 26.7 Å². The molecule has 0 atom stereocenters. The minimum absolute atomic E-state index is 0.0428. The zero-order chi connectivity index (χ0) is 20.4. The van der Waals surface area contributed by atoms with E-state index < -0.39 is 0 Å². The van der Waals surface area contributed by atoms with Gasteiger partial charge in [-0.15, -0.1) is 11.3 Å². The Kier molecular flexibility index (Phi) is 5.71. The van der Waals surface area contributed by atoms with Crippen molar-refractivity contribution in [3.63, 3.8) is 0 Å². The van der Waals surface area contributed by atoms with Gasteiger partial charge in [-0.25, -0.2) is 9.97 Å². The lowest BCUT2D eigenvalue weighted by molar-refractivity contribution is -0.113. The van der Waals surface area contributed by atoms with E-state index in [4.69, 9.17) is 11.6 Å². The van der Waals surface area contributed by atoms with Crippen molar-refractivity contribution in [2.24, 2.45) is 0 Å². The summed E-state index contributed by atoms with van der Waals surface area (Å²) in [6.07, 6.45) is 1.51. The minimum Gasteiger partial charge on any atom is -0.506 e. The number of thiophene rings is 1. The molecular formula is C21H16ClN3O2S2. The number of aryl methyl sites for hydroxylation is 1. The van der Waals surface area contributed by atoms with Crippen molar-refractivity contribution in [2.45, 2.75) is 11.9 Å². The number of amides is 1. The number of nitrogens with zero attached hydrogens (tertiary/aromatic N) is 2. The number of phenolic OH excluding ortho intramolecular Hbond substituents is 1. The van der Waals surface area contributed by atoms with Crippen LogP contribution in [0.1, 0.15) is 5.56 Å². The first-order valence-electron chi connectivity index (χ1n) is 8.71. The average Bonchev–Trinajstić information content (AvgIpc) is 3.14. The molecule has 0 saturated carbocycles. The molecule has 2 heterocycles. The number of hydrogen-bond acceptors (Lipinski definition) is 6. The first-order valence-corrected chi connectivity index (χ1v) is 11.0. The molecule has 0 aliphatic carbocycles. The van der Waals surface area contributed by atoms with Crippen LogP contribution in [0.2, 0.25) is 5.02 Å². The Morgan fingerprint density at radius 2 is 2.00 bits per heavy atom. The maximum absolute atomic E-state index is 12.4. The molecule has 0 radical (unpaired) electrons. The number of fused-ring (bicyclic) bond motifs is 1. The maximum atomic E-state index is 12.4. The Hall–Kier alpha value is -2.61. The molecule has 146 valence electrons. The van der Waals surface area contributed by atoms with Crippen LogP contribution in [-0.2, 0) is 4.79 Å². The largest absolute Gasteiger partial charge is 0.506 e. The number of halogens is 1. The third-order valence-corrected chi connectivity index (χ3v) is 6.38. The van der Waals surface area contributed by atoms with Gasteiger partial charge in [-0.1, -0.05) is 41.6 Å². The zero-order valence-corrected chi connectivity index (χ0v) is 17.7. The van der Waals surface area contributed by atoms with Crippen molar-refractivity contribution >= 4 is 56.5 Å². The Morgan fingerprint density at radius 1 is 1.21 bits per heavy atom. The van der Waals surface area contributed by atoms with E-state index in [2.05, 4.69) is 15.3 Å². The molecule has 0 aliphatic rings. The summed E-state index contributed by atoms with van der Waals surface area (Å²) in [6.45, 7) is 1.90. The number of phenols is 1. The quantitative estimate of drug-likeness (QED) is 0.234. The van der Waals surface area contributed by atoms with Gasteiger partial charge in [0, 0.05) is 16.0 Å². The molecule has 8 heteroatoms. The highest BCUT2D eigenvalue weighted by atomic mass is 35.5. The molecule has 2 aromatic heterocycles. The third-order valence-electron chi connectivity index (χ3n) is 4.26. The normalized spacial score (nSPS) is 11.0. The highest BCUT2D eigenvalue weighted by molar-refractivity contribution is 8.00. The van der Waals surface area contributed by atoms with E-state index in [1.54, 1.807) is 18.2 Å².